The van der Waals surface area contributed by atoms with Gasteiger partial charge >= 0.3 is 0 Å². The standard InChI is InChI=1S/C21H22ClFN4OS/c1-28-18-8-4-15(5-9-18)19(23)14-26-10-12-27(13-11-26)21-24-20(25-29-21)16-2-6-17(22)7-3-16/h2-9,19H,10-14H2,1H3. The van der Waals surface area contributed by atoms with Crippen LogP contribution < -0.4 is 9.64 Å². The molecule has 29 heavy (non-hydrogen) atoms. The van der Waals surface area contributed by atoms with Crippen molar-refractivity contribution < 1.29 is 9.13 Å². The zero-order valence-electron chi connectivity index (χ0n) is 16.1. The number of halogens is 2. The Bertz CT molecular complexity index is 927. The maximum absolute atomic E-state index is 14.7. The molecule has 3 aromatic rings. The summed E-state index contributed by atoms with van der Waals surface area (Å²) in [5.41, 5.74) is 1.64. The normalized spacial score (nSPS) is 16.0. The second-order valence-corrected chi connectivity index (χ2v) is 8.10. The van der Waals surface area contributed by atoms with Gasteiger partial charge in [0.15, 0.2) is 5.82 Å². The Labute approximate surface area is 178 Å². The molecule has 0 saturated carbocycles. The van der Waals surface area contributed by atoms with Crippen LogP contribution in [0.3, 0.4) is 0 Å². The number of nitrogens with zero attached hydrogens (tertiary/aromatic N) is 4. The summed E-state index contributed by atoms with van der Waals surface area (Å²) in [4.78, 5) is 9.05. The first-order chi connectivity index (χ1) is 14.1. The zero-order chi connectivity index (χ0) is 20.2. The Kier molecular flexibility index (Phi) is 6.28. The molecule has 1 aromatic heterocycles. The first-order valence-electron chi connectivity index (χ1n) is 9.47. The molecule has 4 rings (SSSR count). The SMILES string of the molecule is COc1ccc(C(F)CN2CCN(c3nc(-c4ccc(Cl)cc4)ns3)CC2)cc1. The number of piperazine rings is 1. The summed E-state index contributed by atoms with van der Waals surface area (Å²) < 4.78 is 24.3. The number of aromatic nitrogens is 2. The van der Waals surface area contributed by atoms with Crippen LogP contribution in [-0.2, 0) is 0 Å². The Hall–Kier alpha value is -2.22. The van der Waals surface area contributed by atoms with Crippen LogP contribution >= 0.6 is 23.1 Å². The Balaban J connectivity index is 1.31. The predicted molar refractivity (Wildman–Crippen MR) is 116 cm³/mol. The molecule has 1 unspecified atom stereocenters. The van der Waals surface area contributed by atoms with Crippen molar-refractivity contribution in [2.24, 2.45) is 0 Å². The molecule has 0 aliphatic carbocycles. The van der Waals surface area contributed by atoms with Crippen molar-refractivity contribution in [3.05, 3.63) is 59.1 Å². The molecule has 0 bridgehead atoms. The second-order valence-electron chi connectivity index (χ2n) is 6.94. The molecule has 0 N–H and O–H groups in total. The van der Waals surface area contributed by atoms with E-state index >= 15 is 0 Å². The summed E-state index contributed by atoms with van der Waals surface area (Å²) in [7, 11) is 1.61. The van der Waals surface area contributed by atoms with Gasteiger partial charge in [-0.1, -0.05) is 23.7 Å². The number of anilines is 1. The number of benzene rings is 2. The predicted octanol–water partition coefficient (Wildman–Crippen LogP) is 4.70. The van der Waals surface area contributed by atoms with E-state index in [1.54, 1.807) is 31.4 Å². The van der Waals surface area contributed by atoms with Crippen LogP contribution in [0.2, 0.25) is 5.02 Å². The third kappa shape index (κ3) is 4.86. The van der Waals surface area contributed by atoms with Crippen molar-refractivity contribution in [3.8, 4) is 17.1 Å². The van der Waals surface area contributed by atoms with E-state index in [0.29, 0.717) is 23.0 Å². The van der Waals surface area contributed by atoms with Gasteiger partial charge in [-0.05, 0) is 42.0 Å². The number of alkyl halides is 1. The Morgan fingerprint density at radius 1 is 1.07 bits per heavy atom. The van der Waals surface area contributed by atoms with Gasteiger partial charge in [-0.2, -0.15) is 9.36 Å². The van der Waals surface area contributed by atoms with E-state index in [2.05, 4.69) is 19.2 Å². The molecule has 8 heteroatoms. The van der Waals surface area contributed by atoms with Crippen LogP contribution in [0.1, 0.15) is 11.7 Å². The molecule has 0 radical (unpaired) electrons. The van der Waals surface area contributed by atoms with Crippen molar-refractivity contribution in [2.45, 2.75) is 6.17 Å². The van der Waals surface area contributed by atoms with Gasteiger partial charge in [0, 0.05) is 54.8 Å². The highest BCUT2D eigenvalue weighted by Crippen LogP contribution is 2.27. The fraction of sp³-hybridized carbons (Fsp3) is 0.333. The number of hydrogen-bond donors (Lipinski definition) is 0. The van der Waals surface area contributed by atoms with Gasteiger partial charge in [-0.25, -0.2) is 4.39 Å². The molecule has 1 fully saturated rings. The molecular formula is C21H22ClFN4OS. The molecule has 0 amide bonds. The topological polar surface area (TPSA) is 41.5 Å². The third-order valence-electron chi connectivity index (χ3n) is 5.06. The average molecular weight is 433 g/mol. The molecular weight excluding hydrogens is 411 g/mol. The van der Waals surface area contributed by atoms with Gasteiger partial charge in [-0.3, -0.25) is 4.90 Å². The lowest BCUT2D eigenvalue weighted by Gasteiger charge is -2.34. The fourth-order valence-corrected chi connectivity index (χ4v) is 4.19. The average Bonchev–Trinajstić information content (AvgIpc) is 3.25. The van der Waals surface area contributed by atoms with Gasteiger partial charge in [0.1, 0.15) is 11.9 Å². The van der Waals surface area contributed by atoms with Crippen molar-refractivity contribution in [3.63, 3.8) is 0 Å². The summed E-state index contributed by atoms with van der Waals surface area (Å²) in [5, 5.41) is 1.60. The number of hydrogen-bond acceptors (Lipinski definition) is 6. The van der Waals surface area contributed by atoms with E-state index in [4.69, 9.17) is 16.3 Å². The summed E-state index contributed by atoms with van der Waals surface area (Å²) in [5.74, 6) is 1.46. The van der Waals surface area contributed by atoms with Crippen molar-refractivity contribution >= 4 is 28.3 Å². The molecule has 1 atom stereocenters. The molecule has 5 nitrogen and oxygen atoms in total. The van der Waals surface area contributed by atoms with Crippen LogP contribution in [0.25, 0.3) is 11.4 Å². The van der Waals surface area contributed by atoms with Crippen molar-refractivity contribution in [1.29, 1.82) is 0 Å². The monoisotopic (exact) mass is 432 g/mol. The maximum Gasteiger partial charge on any atom is 0.205 e. The maximum atomic E-state index is 14.7. The van der Waals surface area contributed by atoms with Crippen molar-refractivity contribution in [2.75, 3.05) is 44.7 Å². The molecule has 1 aliphatic heterocycles. The Morgan fingerprint density at radius 2 is 1.76 bits per heavy atom. The number of methoxy groups -OCH3 is 1. The van der Waals surface area contributed by atoms with E-state index in [-0.39, 0.29) is 0 Å². The molecule has 1 aliphatic rings. The van der Waals surface area contributed by atoms with E-state index in [1.807, 2.05) is 24.3 Å². The highest BCUT2D eigenvalue weighted by Gasteiger charge is 2.23. The quantitative estimate of drug-likeness (QED) is 0.564. The summed E-state index contributed by atoms with van der Waals surface area (Å²) >= 11 is 7.34. The minimum atomic E-state index is -1.01. The lowest BCUT2D eigenvalue weighted by Crippen LogP contribution is -2.47. The van der Waals surface area contributed by atoms with E-state index < -0.39 is 6.17 Å². The molecule has 0 spiro atoms. The van der Waals surface area contributed by atoms with E-state index in [0.717, 1.165) is 42.6 Å². The van der Waals surface area contributed by atoms with Gasteiger partial charge < -0.3 is 9.64 Å². The largest absolute Gasteiger partial charge is 0.497 e. The Morgan fingerprint density at radius 3 is 2.41 bits per heavy atom. The summed E-state index contributed by atoms with van der Waals surface area (Å²) in [6.45, 7) is 3.61. The van der Waals surface area contributed by atoms with Crippen molar-refractivity contribution in [1.82, 2.24) is 14.3 Å². The summed E-state index contributed by atoms with van der Waals surface area (Å²) in [6.07, 6.45) is -1.01. The van der Waals surface area contributed by atoms with Gasteiger partial charge in [0.25, 0.3) is 0 Å². The first kappa shape index (κ1) is 20.1. The van der Waals surface area contributed by atoms with Crippen LogP contribution in [0.15, 0.2) is 48.5 Å². The van der Waals surface area contributed by atoms with E-state index in [1.165, 1.54) is 11.5 Å². The highest BCUT2D eigenvalue weighted by molar-refractivity contribution is 7.09. The molecule has 2 aromatic carbocycles. The van der Waals surface area contributed by atoms with Crippen LogP contribution in [0.5, 0.6) is 5.75 Å². The minimum Gasteiger partial charge on any atom is -0.497 e. The second kappa shape index (κ2) is 9.07. The molecule has 1 saturated heterocycles. The number of ether oxygens (including phenoxy) is 1. The zero-order valence-corrected chi connectivity index (χ0v) is 17.7. The molecule has 152 valence electrons. The fourth-order valence-electron chi connectivity index (χ4n) is 3.33. The third-order valence-corrected chi connectivity index (χ3v) is 6.09. The van der Waals surface area contributed by atoms with Crippen LogP contribution in [0, 0.1) is 0 Å². The molecule has 2 heterocycles. The first-order valence-corrected chi connectivity index (χ1v) is 10.6. The lowest BCUT2D eigenvalue weighted by molar-refractivity contribution is 0.184. The minimum absolute atomic E-state index is 0.395. The number of rotatable bonds is 6. The lowest BCUT2D eigenvalue weighted by atomic mass is 10.1. The van der Waals surface area contributed by atoms with Crippen LogP contribution in [0.4, 0.5) is 9.52 Å². The summed E-state index contributed by atoms with van der Waals surface area (Å²) in [6, 6.07) is 14.7. The smallest absolute Gasteiger partial charge is 0.205 e. The van der Waals surface area contributed by atoms with Crippen LogP contribution in [-0.4, -0.2) is 54.1 Å². The highest BCUT2D eigenvalue weighted by atomic mass is 35.5. The van der Waals surface area contributed by atoms with Gasteiger partial charge in [-0.15, -0.1) is 0 Å². The van der Waals surface area contributed by atoms with Gasteiger partial charge in [0.05, 0.1) is 7.11 Å². The van der Waals surface area contributed by atoms with Gasteiger partial charge in [0.2, 0.25) is 5.13 Å². The van der Waals surface area contributed by atoms with E-state index in [9.17, 15) is 4.39 Å².